The topological polar surface area (TPSA) is 56.6 Å². The van der Waals surface area contributed by atoms with Gasteiger partial charge in [0.1, 0.15) is 5.82 Å². The third-order valence-corrected chi connectivity index (χ3v) is 3.04. The molecule has 0 amide bonds. The minimum atomic E-state index is -0.461. The number of hydrogen-bond donors (Lipinski definition) is 2. The second-order valence-corrected chi connectivity index (χ2v) is 4.34. The smallest absolute Gasteiger partial charge is 0.128 e. The number of rotatable bonds is 2. The summed E-state index contributed by atoms with van der Waals surface area (Å²) in [5.74, 6) is 0.894. The highest BCUT2D eigenvalue weighted by atomic mass is 16.3. The summed E-state index contributed by atoms with van der Waals surface area (Å²) in [6.45, 7) is 3.41. The fourth-order valence-corrected chi connectivity index (χ4v) is 1.96. The van der Waals surface area contributed by atoms with Gasteiger partial charge in [0.15, 0.2) is 0 Å². The Morgan fingerprint density at radius 2 is 2.12 bits per heavy atom. The Kier molecular flexibility index (Phi) is 3.41. The summed E-state index contributed by atoms with van der Waals surface area (Å²) in [6.07, 6.45) is 2.68. The van der Waals surface area contributed by atoms with Gasteiger partial charge in [-0.05, 0) is 37.5 Å². The molecule has 2 N–H and O–H groups in total. The van der Waals surface area contributed by atoms with Gasteiger partial charge in [0.2, 0.25) is 0 Å². The van der Waals surface area contributed by atoms with Gasteiger partial charge in [0.05, 0.1) is 12.2 Å². The average Bonchev–Trinajstić information content (AvgIpc) is 2.30. The van der Waals surface area contributed by atoms with Crippen LogP contribution >= 0.6 is 0 Å². The zero-order chi connectivity index (χ0) is 11.5. The molecule has 1 aromatic rings. The van der Waals surface area contributed by atoms with Gasteiger partial charge in [0, 0.05) is 19.3 Å². The number of aromatic nitrogens is 1. The molecule has 2 rings (SSSR count). The molecule has 1 aliphatic rings. The van der Waals surface area contributed by atoms with Crippen LogP contribution in [0, 0.1) is 0 Å². The highest BCUT2D eigenvalue weighted by Gasteiger charge is 2.18. The van der Waals surface area contributed by atoms with Gasteiger partial charge in [-0.15, -0.1) is 0 Å². The molecular weight excluding hydrogens is 204 g/mol. The molecule has 2 heterocycles. The molecule has 4 nitrogen and oxygen atoms in total. The molecule has 1 aliphatic heterocycles. The lowest BCUT2D eigenvalue weighted by atomic mass is 10.1. The highest BCUT2D eigenvalue weighted by Crippen LogP contribution is 2.21. The number of aliphatic hydroxyl groups excluding tert-OH is 2. The number of pyridine rings is 1. The third-order valence-electron chi connectivity index (χ3n) is 3.04. The summed E-state index contributed by atoms with van der Waals surface area (Å²) in [5.41, 5.74) is 0.885. The summed E-state index contributed by atoms with van der Waals surface area (Å²) >= 11 is 0. The lowest BCUT2D eigenvalue weighted by molar-refractivity contribution is 0.145. The van der Waals surface area contributed by atoms with Crippen molar-refractivity contribution in [3.63, 3.8) is 0 Å². The number of anilines is 1. The van der Waals surface area contributed by atoms with Crippen LogP contribution in [-0.2, 0) is 0 Å². The number of nitrogens with zero attached hydrogens (tertiary/aromatic N) is 2. The normalized spacial score (nSPS) is 19.8. The van der Waals surface area contributed by atoms with E-state index in [0.717, 1.165) is 37.3 Å². The maximum Gasteiger partial charge on any atom is 0.128 e. The van der Waals surface area contributed by atoms with Crippen molar-refractivity contribution >= 4 is 5.82 Å². The van der Waals surface area contributed by atoms with Crippen molar-refractivity contribution in [1.82, 2.24) is 4.98 Å². The van der Waals surface area contributed by atoms with E-state index >= 15 is 0 Å². The number of aliphatic hydroxyl groups is 2. The van der Waals surface area contributed by atoms with E-state index in [1.807, 2.05) is 12.1 Å². The van der Waals surface area contributed by atoms with E-state index in [-0.39, 0.29) is 6.10 Å². The summed E-state index contributed by atoms with van der Waals surface area (Å²) in [7, 11) is 0. The molecule has 0 unspecified atom stereocenters. The quantitative estimate of drug-likeness (QED) is 0.786. The van der Waals surface area contributed by atoms with E-state index in [2.05, 4.69) is 9.88 Å². The van der Waals surface area contributed by atoms with Crippen molar-refractivity contribution in [3.8, 4) is 0 Å². The summed E-state index contributed by atoms with van der Waals surface area (Å²) in [5, 5.41) is 18.9. The molecule has 0 aliphatic carbocycles. The zero-order valence-corrected chi connectivity index (χ0v) is 9.50. The van der Waals surface area contributed by atoms with E-state index in [1.165, 1.54) is 0 Å². The van der Waals surface area contributed by atoms with Crippen LogP contribution in [0.2, 0.25) is 0 Å². The Morgan fingerprint density at radius 3 is 2.75 bits per heavy atom. The maximum atomic E-state index is 9.50. The monoisotopic (exact) mass is 222 g/mol. The summed E-state index contributed by atoms with van der Waals surface area (Å²) in [6, 6.07) is 3.75. The molecule has 4 heteroatoms. The van der Waals surface area contributed by atoms with Crippen molar-refractivity contribution < 1.29 is 10.2 Å². The first-order chi connectivity index (χ1) is 7.66. The van der Waals surface area contributed by atoms with Crippen molar-refractivity contribution in [2.45, 2.75) is 32.0 Å². The van der Waals surface area contributed by atoms with Gasteiger partial charge in [-0.25, -0.2) is 4.98 Å². The van der Waals surface area contributed by atoms with Gasteiger partial charge in [-0.1, -0.05) is 0 Å². The molecule has 88 valence electrons. The first-order valence-electron chi connectivity index (χ1n) is 5.74. The van der Waals surface area contributed by atoms with E-state index in [4.69, 9.17) is 0 Å². The molecule has 0 aromatic carbocycles. The van der Waals surface area contributed by atoms with Crippen LogP contribution in [0.25, 0.3) is 0 Å². The largest absolute Gasteiger partial charge is 0.393 e. The van der Waals surface area contributed by atoms with Crippen molar-refractivity contribution in [2.75, 3.05) is 18.0 Å². The Balaban J connectivity index is 2.11. The van der Waals surface area contributed by atoms with Gasteiger partial charge in [-0.2, -0.15) is 0 Å². The van der Waals surface area contributed by atoms with E-state index in [9.17, 15) is 10.2 Å². The van der Waals surface area contributed by atoms with Gasteiger partial charge < -0.3 is 15.1 Å². The van der Waals surface area contributed by atoms with Gasteiger partial charge in [0.25, 0.3) is 0 Å². The van der Waals surface area contributed by atoms with Gasteiger partial charge >= 0.3 is 0 Å². The summed E-state index contributed by atoms with van der Waals surface area (Å²) < 4.78 is 0. The van der Waals surface area contributed by atoms with Crippen LogP contribution < -0.4 is 4.90 Å². The third kappa shape index (κ3) is 2.51. The van der Waals surface area contributed by atoms with Crippen molar-refractivity contribution in [2.24, 2.45) is 0 Å². The van der Waals surface area contributed by atoms with E-state index < -0.39 is 6.10 Å². The van der Waals surface area contributed by atoms with Crippen LogP contribution in [0.1, 0.15) is 31.4 Å². The van der Waals surface area contributed by atoms with Crippen LogP contribution in [0.5, 0.6) is 0 Å². The van der Waals surface area contributed by atoms with Crippen LogP contribution in [0.3, 0.4) is 0 Å². The van der Waals surface area contributed by atoms with E-state index in [1.54, 1.807) is 13.1 Å². The van der Waals surface area contributed by atoms with Crippen LogP contribution in [0.4, 0.5) is 5.82 Å². The van der Waals surface area contributed by atoms with Gasteiger partial charge in [-0.3, -0.25) is 0 Å². The predicted molar refractivity (Wildman–Crippen MR) is 62.3 cm³/mol. The molecule has 1 atom stereocenters. The molecule has 0 saturated carbocycles. The minimum Gasteiger partial charge on any atom is -0.393 e. The van der Waals surface area contributed by atoms with Crippen LogP contribution in [0.15, 0.2) is 18.3 Å². The molecule has 1 fully saturated rings. The molecule has 1 saturated heterocycles. The van der Waals surface area contributed by atoms with Crippen molar-refractivity contribution in [3.05, 3.63) is 23.9 Å². The minimum absolute atomic E-state index is 0.170. The molecule has 0 spiro atoms. The Bertz CT molecular complexity index is 347. The molecule has 1 aromatic heterocycles. The molecule has 16 heavy (non-hydrogen) atoms. The second-order valence-electron chi connectivity index (χ2n) is 4.34. The summed E-state index contributed by atoms with van der Waals surface area (Å²) in [4.78, 5) is 6.46. The first kappa shape index (κ1) is 11.4. The fraction of sp³-hybridized carbons (Fsp3) is 0.583. The lowest BCUT2D eigenvalue weighted by Gasteiger charge is -2.30. The molecule has 0 radical (unpaired) electrons. The Hall–Kier alpha value is -1.13. The van der Waals surface area contributed by atoms with Crippen LogP contribution in [-0.4, -0.2) is 34.4 Å². The molecule has 0 bridgehead atoms. The fourth-order valence-electron chi connectivity index (χ4n) is 1.96. The standard InChI is InChI=1S/C12H18N2O2/c1-9(15)10-2-5-13-12(8-10)14-6-3-11(16)4-7-14/h2,5,8-9,11,15-16H,3-4,6-7H2,1H3/t9-/m0/s1. The Labute approximate surface area is 95.5 Å². The SMILES string of the molecule is C[C@H](O)c1ccnc(N2CCC(O)CC2)c1. The zero-order valence-electron chi connectivity index (χ0n) is 9.50. The first-order valence-corrected chi connectivity index (χ1v) is 5.74. The Morgan fingerprint density at radius 1 is 1.44 bits per heavy atom. The predicted octanol–water partition coefficient (Wildman–Crippen LogP) is 1.10. The second kappa shape index (κ2) is 4.80. The average molecular weight is 222 g/mol. The van der Waals surface area contributed by atoms with E-state index in [0.29, 0.717) is 0 Å². The molecular formula is C12H18N2O2. The number of hydrogen-bond acceptors (Lipinski definition) is 4. The number of piperidine rings is 1. The highest BCUT2D eigenvalue weighted by molar-refractivity contribution is 5.41. The lowest BCUT2D eigenvalue weighted by Crippen LogP contribution is -2.36. The maximum absolute atomic E-state index is 9.50. The van der Waals surface area contributed by atoms with Crippen molar-refractivity contribution in [1.29, 1.82) is 0 Å².